The predicted octanol–water partition coefficient (Wildman–Crippen LogP) is 4.58. The molecule has 5 heteroatoms. The lowest BCUT2D eigenvalue weighted by molar-refractivity contribution is -0.118. The molecule has 0 saturated heterocycles. The number of aromatic nitrogens is 1. The molecule has 2 heterocycles. The molecule has 0 atom stereocenters. The van der Waals surface area contributed by atoms with Gasteiger partial charge >= 0.3 is 0 Å². The smallest absolute Gasteiger partial charge is 0.194 e. The van der Waals surface area contributed by atoms with Crippen LogP contribution in [0, 0.1) is 0 Å². The van der Waals surface area contributed by atoms with Crippen molar-refractivity contribution in [1.29, 1.82) is 0 Å². The Bertz CT molecular complexity index is 707. The number of hydrogen-bond donors (Lipinski definition) is 0. The molecule has 0 N–H and O–H groups in total. The van der Waals surface area contributed by atoms with Crippen LogP contribution in [-0.4, -0.2) is 24.0 Å². The topological polar surface area (TPSA) is 61.6 Å². The number of fused-ring (bicyclic) bond motifs is 1. The van der Waals surface area contributed by atoms with Gasteiger partial charge in [-0.2, -0.15) is 0 Å². The summed E-state index contributed by atoms with van der Waals surface area (Å²) >= 11 is 0. The molecule has 5 nitrogen and oxygen atoms in total. The zero-order valence-electron chi connectivity index (χ0n) is 14.8. The number of Topliss-reactive ketones (excluding diaryl/α,β-unsaturated/α-hetero) is 1. The Morgan fingerprint density at radius 1 is 1.12 bits per heavy atom. The summed E-state index contributed by atoms with van der Waals surface area (Å²) < 4.78 is 17.2. The highest BCUT2D eigenvalue weighted by atomic mass is 16.6. The van der Waals surface area contributed by atoms with Crippen molar-refractivity contribution in [3.63, 3.8) is 0 Å². The van der Waals surface area contributed by atoms with Crippen LogP contribution in [0.3, 0.4) is 0 Å². The molecule has 0 spiro atoms. The lowest BCUT2D eigenvalue weighted by Crippen LogP contribution is -2.15. The minimum Gasteiger partial charge on any atom is -0.486 e. The molecular formula is C20H25NO4. The average molecular weight is 343 g/mol. The second-order valence-corrected chi connectivity index (χ2v) is 6.25. The summed E-state index contributed by atoms with van der Waals surface area (Å²) in [6.45, 7) is 3.04. The van der Waals surface area contributed by atoms with Gasteiger partial charge < -0.3 is 13.9 Å². The molecule has 2 aromatic rings. The van der Waals surface area contributed by atoms with Crippen LogP contribution in [0.1, 0.15) is 51.3 Å². The fraction of sp³-hybridized carbons (Fsp3) is 0.500. The molecule has 0 bridgehead atoms. The average Bonchev–Trinajstić information content (AvgIpc) is 3.12. The highest BCUT2D eigenvalue weighted by Crippen LogP contribution is 2.39. The third kappa shape index (κ3) is 4.62. The van der Waals surface area contributed by atoms with E-state index in [2.05, 4.69) is 4.98 Å². The van der Waals surface area contributed by atoms with E-state index in [9.17, 15) is 4.79 Å². The van der Waals surface area contributed by atoms with Crippen LogP contribution in [0.2, 0.25) is 0 Å². The summed E-state index contributed by atoms with van der Waals surface area (Å²) in [5.41, 5.74) is 0.883. The van der Waals surface area contributed by atoms with Gasteiger partial charge in [0.15, 0.2) is 23.1 Å². The van der Waals surface area contributed by atoms with Gasteiger partial charge in [-0.25, -0.2) is 4.98 Å². The number of carbonyl (C=O) groups is 1. The first-order valence-electron chi connectivity index (χ1n) is 9.13. The van der Waals surface area contributed by atoms with E-state index in [0.717, 1.165) is 55.1 Å². The van der Waals surface area contributed by atoms with Gasteiger partial charge in [0.25, 0.3) is 0 Å². The van der Waals surface area contributed by atoms with E-state index in [4.69, 9.17) is 13.9 Å². The first kappa shape index (κ1) is 17.5. The summed E-state index contributed by atoms with van der Waals surface area (Å²) in [6, 6.07) is 5.80. The highest BCUT2D eigenvalue weighted by Gasteiger charge is 2.19. The molecule has 0 unspecified atom stereocenters. The predicted molar refractivity (Wildman–Crippen MR) is 95.0 cm³/mol. The summed E-state index contributed by atoms with van der Waals surface area (Å²) in [5.74, 6) is 3.30. The first-order valence-corrected chi connectivity index (χ1v) is 9.13. The highest BCUT2D eigenvalue weighted by molar-refractivity contribution is 5.77. The van der Waals surface area contributed by atoms with Crippen LogP contribution >= 0.6 is 0 Å². The zero-order valence-corrected chi connectivity index (χ0v) is 14.8. The molecule has 3 rings (SSSR count). The van der Waals surface area contributed by atoms with Crippen molar-refractivity contribution in [2.24, 2.45) is 0 Å². The lowest BCUT2D eigenvalue weighted by Gasteiger charge is -2.19. The molecular weight excluding hydrogens is 318 g/mol. The minimum absolute atomic E-state index is 0.356. The second-order valence-electron chi connectivity index (χ2n) is 6.25. The number of ketones is 1. The number of para-hydroxylation sites is 1. The molecule has 1 aromatic carbocycles. The molecule has 0 aliphatic carbocycles. The quantitative estimate of drug-likeness (QED) is 0.623. The lowest BCUT2D eigenvalue weighted by atomic mass is 10.1. The Morgan fingerprint density at radius 3 is 2.84 bits per heavy atom. The van der Waals surface area contributed by atoms with Crippen LogP contribution in [0.15, 0.2) is 28.8 Å². The number of hydrogen-bond acceptors (Lipinski definition) is 5. The Morgan fingerprint density at radius 2 is 1.96 bits per heavy atom. The van der Waals surface area contributed by atoms with Gasteiger partial charge in [-0.3, -0.25) is 4.79 Å². The maximum Gasteiger partial charge on any atom is 0.194 e. The van der Waals surface area contributed by atoms with Crippen molar-refractivity contribution >= 4 is 5.78 Å². The van der Waals surface area contributed by atoms with Gasteiger partial charge in [-0.1, -0.05) is 25.8 Å². The number of benzene rings is 1. The van der Waals surface area contributed by atoms with Crippen LogP contribution in [0.25, 0.3) is 11.3 Å². The maximum absolute atomic E-state index is 11.3. The largest absolute Gasteiger partial charge is 0.486 e. The van der Waals surface area contributed by atoms with Gasteiger partial charge in [-0.05, 0) is 25.0 Å². The van der Waals surface area contributed by atoms with Crippen molar-refractivity contribution < 1.29 is 18.7 Å². The standard InChI is InChI=1S/C20H25NO4/c1-2-15(22)8-5-3-4-6-11-19-21-14-18(25-19)16-9-7-10-17-20(16)24-13-12-23-17/h7,9-10,14H,2-6,8,11-13H2,1H3. The number of rotatable bonds is 9. The molecule has 1 aliphatic heterocycles. The SMILES string of the molecule is CCC(=O)CCCCCCc1ncc(-c2cccc3c2OCCO3)o1. The number of oxazole rings is 1. The molecule has 1 aliphatic rings. The monoisotopic (exact) mass is 343 g/mol. The third-order valence-corrected chi connectivity index (χ3v) is 4.38. The summed E-state index contributed by atoms with van der Waals surface area (Å²) in [6.07, 6.45) is 8.10. The van der Waals surface area contributed by atoms with E-state index in [1.807, 2.05) is 25.1 Å². The molecule has 0 saturated carbocycles. The van der Waals surface area contributed by atoms with E-state index in [0.29, 0.717) is 37.6 Å². The second kappa shape index (κ2) is 8.70. The fourth-order valence-corrected chi connectivity index (χ4v) is 2.95. The number of carbonyl (C=O) groups excluding carboxylic acids is 1. The number of ether oxygens (including phenoxy) is 2. The first-order chi connectivity index (χ1) is 12.3. The zero-order chi connectivity index (χ0) is 17.5. The van der Waals surface area contributed by atoms with Crippen molar-refractivity contribution in [1.82, 2.24) is 4.98 Å². The number of nitrogens with zero attached hydrogens (tertiary/aromatic N) is 1. The number of aryl methyl sites for hydroxylation is 1. The normalized spacial score (nSPS) is 13.0. The van der Waals surface area contributed by atoms with E-state index < -0.39 is 0 Å². The van der Waals surface area contributed by atoms with Crippen molar-refractivity contribution in [2.75, 3.05) is 13.2 Å². The summed E-state index contributed by atoms with van der Waals surface area (Å²) in [7, 11) is 0. The van der Waals surface area contributed by atoms with Crippen molar-refractivity contribution in [3.8, 4) is 22.8 Å². The van der Waals surface area contributed by atoms with E-state index in [1.165, 1.54) is 0 Å². The van der Waals surface area contributed by atoms with Gasteiger partial charge in [-0.15, -0.1) is 0 Å². The van der Waals surface area contributed by atoms with Crippen LogP contribution < -0.4 is 9.47 Å². The van der Waals surface area contributed by atoms with E-state index >= 15 is 0 Å². The molecule has 1 aromatic heterocycles. The molecule has 0 amide bonds. The van der Waals surface area contributed by atoms with Crippen LogP contribution in [0.4, 0.5) is 0 Å². The van der Waals surface area contributed by atoms with Crippen molar-refractivity contribution in [2.45, 2.75) is 51.9 Å². The molecule has 0 fully saturated rings. The summed E-state index contributed by atoms with van der Waals surface area (Å²) in [5, 5.41) is 0. The van der Waals surface area contributed by atoms with Crippen LogP contribution in [-0.2, 0) is 11.2 Å². The van der Waals surface area contributed by atoms with Crippen molar-refractivity contribution in [3.05, 3.63) is 30.3 Å². The Labute approximate surface area is 148 Å². The Hall–Kier alpha value is -2.30. The Balaban J connectivity index is 1.51. The molecule has 25 heavy (non-hydrogen) atoms. The molecule has 0 radical (unpaired) electrons. The summed E-state index contributed by atoms with van der Waals surface area (Å²) in [4.78, 5) is 15.6. The van der Waals surface area contributed by atoms with Gasteiger partial charge in [0.2, 0.25) is 0 Å². The fourth-order valence-electron chi connectivity index (χ4n) is 2.95. The van der Waals surface area contributed by atoms with Gasteiger partial charge in [0, 0.05) is 19.3 Å². The van der Waals surface area contributed by atoms with E-state index in [-0.39, 0.29) is 0 Å². The third-order valence-electron chi connectivity index (χ3n) is 4.38. The van der Waals surface area contributed by atoms with Gasteiger partial charge in [0.05, 0.1) is 11.8 Å². The Kier molecular flexibility index (Phi) is 6.09. The molecule has 134 valence electrons. The van der Waals surface area contributed by atoms with E-state index in [1.54, 1.807) is 6.20 Å². The number of unbranched alkanes of at least 4 members (excludes halogenated alkanes) is 3. The van der Waals surface area contributed by atoms with Gasteiger partial charge in [0.1, 0.15) is 19.0 Å². The minimum atomic E-state index is 0.356. The maximum atomic E-state index is 11.3. The van der Waals surface area contributed by atoms with Crippen LogP contribution in [0.5, 0.6) is 11.5 Å².